The first-order chi connectivity index (χ1) is 11.0. The van der Waals surface area contributed by atoms with E-state index in [9.17, 15) is 13.2 Å². The molecule has 0 unspecified atom stereocenters. The van der Waals surface area contributed by atoms with Crippen molar-refractivity contribution in [3.63, 3.8) is 0 Å². The van der Waals surface area contributed by atoms with E-state index in [4.69, 9.17) is 4.74 Å². The molecule has 1 aromatic carbocycles. The van der Waals surface area contributed by atoms with Crippen molar-refractivity contribution >= 4 is 15.8 Å². The molecule has 2 aliphatic heterocycles. The molecule has 0 radical (unpaired) electrons. The minimum absolute atomic E-state index is 0.0225. The Morgan fingerprint density at radius 3 is 2.33 bits per heavy atom. The van der Waals surface area contributed by atoms with Gasteiger partial charge in [-0.1, -0.05) is 26.8 Å². The summed E-state index contributed by atoms with van der Waals surface area (Å²) in [5.41, 5.74) is 1.18. The lowest BCUT2D eigenvalue weighted by molar-refractivity contribution is 0.00598. The fourth-order valence-electron chi connectivity index (χ4n) is 3.46. The number of rotatable bonds is 1. The summed E-state index contributed by atoms with van der Waals surface area (Å²) in [6, 6.07) is 5.84. The number of piperidine rings is 1. The molecule has 0 N–H and O–H groups in total. The molecule has 0 saturated carbocycles. The molecule has 0 amide bonds. The number of nitrogens with zero attached hydrogens (tertiary/aromatic N) is 1. The van der Waals surface area contributed by atoms with Crippen LogP contribution < -0.4 is 4.74 Å². The molecule has 1 aromatic rings. The molecule has 1 saturated heterocycles. The summed E-state index contributed by atoms with van der Waals surface area (Å²) in [4.78, 5) is 12.7. The molecule has 0 aliphatic carbocycles. The van der Waals surface area contributed by atoms with Gasteiger partial charge in [0, 0.05) is 25.9 Å². The third kappa shape index (κ3) is 3.22. The summed E-state index contributed by atoms with van der Waals surface area (Å²) in [5.74, 6) is 0.724. The minimum atomic E-state index is -3.18. The van der Waals surface area contributed by atoms with Crippen molar-refractivity contribution in [3.8, 4) is 5.75 Å². The molecule has 6 heteroatoms. The molecule has 3 rings (SSSR count). The number of hydrogen-bond acceptors (Lipinski definition) is 4. The zero-order valence-corrected chi connectivity index (χ0v) is 15.6. The van der Waals surface area contributed by atoms with E-state index in [0.29, 0.717) is 43.7 Å². The van der Waals surface area contributed by atoms with Crippen LogP contribution in [0.4, 0.5) is 0 Å². The second-order valence-electron chi connectivity index (χ2n) is 8.01. The van der Waals surface area contributed by atoms with E-state index in [1.807, 2.05) is 18.2 Å². The van der Waals surface area contributed by atoms with Gasteiger partial charge in [-0.3, -0.25) is 4.79 Å². The van der Waals surface area contributed by atoms with Crippen molar-refractivity contribution in [2.45, 2.75) is 51.0 Å². The van der Waals surface area contributed by atoms with Crippen LogP contribution in [0.1, 0.15) is 56.0 Å². The van der Waals surface area contributed by atoms with Crippen LogP contribution in [0.5, 0.6) is 5.75 Å². The Hall–Kier alpha value is -1.40. The van der Waals surface area contributed by atoms with Gasteiger partial charge in [0.05, 0.1) is 18.2 Å². The number of benzene rings is 1. The molecule has 0 aromatic heterocycles. The number of ether oxygens (including phenoxy) is 1. The van der Waals surface area contributed by atoms with Gasteiger partial charge in [-0.25, -0.2) is 12.7 Å². The van der Waals surface area contributed by atoms with Gasteiger partial charge in [0.2, 0.25) is 10.0 Å². The van der Waals surface area contributed by atoms with Gasteiger partial charge in [-0.05, 0) is 23.1 Å². The van der Waals surface area contributed by atoms with E-state index in [0.717, 1.165) is 5.56 Å². The van der Waals surface area contributed by atoms with E-state index in [1.54, 1.807) is 0 Å². The fraction of sp³-hybridized carbons (Fsp3) is 0.611. The third-order valence-electron chi connectivity index (χ3n) is 5.06. The molecule has 132 valence electrons. The third-order valence-corrected chi connectivity index (χ3v) is 6.36. The normalized spacial score (nSPS) is 21.4. The first-order valence-electron chi connectivity index (χ1n) is 8.32. The lowest BCUT2D eigenvalue weighted by Crippen LogP contribution is -2.52. The van der Waals surface area contributed by atoms with Crippen molar-refractivity contribution in [1.82, 2.24) is 4.31 Å². The van der Waals surface area contributed by atoms with E-state index >= 15 is 0 Å². The summed E-state index contributed by atoms with van der Waals surface area (Å²) in [5, 5.41) is 0. The number of ketones is 1. The average Bonchev–Trinajstić information content (AvgIpc) is 2.45. The lowest BCUT2D eigenvalue weighted by atomic mass is 9.80. The van der Waals surface area contributed by atoms with Gasteiger partial charge < -0.3 is 4.74 Å². The van der Waals surface area contributed by atoms with Crippen molar-refractivity contribution in [3.05, 3.63) is 29.3 Å². The van der Waals surface area contributed by atoms with Crippen molar-refractivity contribution in [2.24, 2.45) is 0 Å². The Morgan fingerprint density at radius 2 is 1.79 bits per heavy atom. The highest BCUT2D eigenvalue weighted by Gasteiger charge is 2.44. The highest BCUT2D eigenvalue weighted by Crippen LogP contribution is 2.41. The molecule has 1 fully saturated rings. The Bertz CT molecular complexity index is 769. The van der Waals surface area contributed by atoms with Crippen LogP contribution in [0.3, 0.4) is 0 Å². The highest BCUT2D eigenvalue weighted by molar-refractivity contribution is 7.88. The van der Waals surface area contributed by atoms with E-state index in [2.05, 4.69) is 20.8 Å². The van der Waals surface area contributed by atoms with Gasteiger partial charge in [0.25, 0.3) is 0 Å². The molecular formula is C18H25NO4S. The number of hydrogen-bond donors (Lipinski definition) is 0. The van der Waals surface area contributed by atoms with Crippen LogP contribution in [0.15, 0.2) is 18.2 Å². The van der Waals surface area contributed by atoms with Crippen molar-refractivity contribution in [1.29, 1.82) is 0 Å². The van der Waals surface area contributed by atoms with Crippen LogP contribution >= 0.6 is 0 Å². The Labute approximate surface area is 144 Å². The van der Waals surface area contributed by atoms with Crippen molar-refractivity contribution < 1.29 is 17.9 Å². The molecule has 0 atom stereocenters. The Kier molecular flexibility index (Phi) is 4.04. The molecule has 1 spiro atoms. The minimum Gasteiger partial charge on any atom is -0.486 e. The number of Topliss-reactive ketones (excluding diaryl/α,β-unsaturated/α-hetero) is 1. The van der Waals surface area contributed by atoms with Crippen molar-refractivity contribution in [2.75, 3.05) is 19.3 Å². The summed E-state index contributed by atoms with van der Waals surface area (Å²) in [6.07, 6.45) is 2.64. The van der Waals surface area contributed by atoms with Crippen LogP contribution in [0.25, 0.3) is 0 Å². The van der Waals surface area contributed by atoms with Crippen LogP contribution in [0, 0.1) is 0 Å². The smallest absolute Gasteiger partial charge is 0.211 e. The SMILES string of the molecule is CC(C)(C)c1ccc2c(c1)C(=O)CC1(CCN(S(C)(=O)=O)CC1)O2. The van der Waals surface area contributed by atoms with Gasteiger partial charge in [0.1, 0.15) is 11.4 Å². The lowest BCUT2D eigenvalue weighted by Gasteiger charge is -2.43. The summed E-state index contributed by atoms with van der Waals surface area (Å²) in [7, 11) is -3.18. The second kappa shape index (κ2) is 5.56. The predicted molar refractivity (Wildman–Crippen MR) is 93.1 cm³/mol. The standard InChI is InChI=1S/C18H25NO4S/c1-17(2,3)13-5-6-16-14(11-13)15(20)12-18(23-16)7-9-19(10-8-18)24(4,21)22/h5-6,11H,7-10,12H2,1-4H3. The highest BCUT2D eigenvalue weighted by atomic mass is 32.2. The van der Waals surface area contributed by atoms with Gasteiger partial charge in [-0.15, -0.1) is 0 Å². The van der Waals surface area contributed by atoms with E-state index in [1.165, 1.54) is 10.6 Å². The topological polar surface area (TPSA) is 63.7 Å². The average molecular weight is 351 g/mol. The zero-order chi connectivity index (χ0) is 17.8. The Morgan fingerprint density at radius 1 is 1.17 bits per heavy atom. The molecule has 2 aliphatic rings. The number of carbonyl (C=O) groups excluding carboxylic acids is 1. The quantitative estimate of drug-likeness (QED) is 0.780. The monoisotopic (exact) mass is 351 g/mol. The van der Waals surface area contributed by atoms with Crippen LogP contribution in [-0.4, -0.2) is 43.5 Å². The summed E-state index contributed by atoms with van der Waals surface area (Å²) >= 11 is 0. The van der Waals surface area contributed by atoms with Crippen LogP contribution in [-0.2, 0) is 15.4 Å². The summed E-state index contributed by atoms with van der Waals surface area (Å²) < 4.78 is 31.0. The predicted octanol–water partition coefficient (Wildman–Crippen LogP) is 2.74. The fourth-order valence-corrected chi connectivity index (χ4v) is 4.31. The molecule has 5 nitrogen and oxygen atoms in total. The molecule has 0 bridgehead atoms. The Balaban J connectivity index is 1.85. The molecule has 24 heavy (non-hydrogen) atoms. The number of carbonyl (C=O) groups is 1. The van der Waals surface area contributed by atoms with Crippen LogP contribution in [0.2, 0.25) is 0 Å². The van der Waals surface area contributed by atoms with E-state index < -0.39 is 15.6 Å². The first kappa shape index (κ1) is 17.4. The maximum Gasteiger partial charge on any atom is 0.211 e. The first-order valence-corrected chi connectivity index (χ1v) is 10.2. The molecular weight excluding hydrogens is 326 g/mol. The van der Waals surface area contributed by atoms with Gasteiger partial charge >= 0.3 is 0 Å². The maximum absolute atomic E-state index is 12.7. The largest absolute Gasteiger partial charge is 0.486 e. The number of sulfonamides is 1. The molecule has 2 heterocycles. The summed E-state index contributed by atoms with van der Waals surface area (Å²) in [6.45, 7) is 7.16. The zero-order valence-electron chi connectivity index (χ0n) is 14.8. The van der Waals surface area contributed by atoms with Gasteiger partial charge in [0.15, 0.2) is 5.78 Å². The maximum atomic E-state index is 12.7. The van der Waals surface area contributed by atoms with E-state index in [-0.39, 0.29) is 11.2 Å². The van der Waals surface area contributed by atoms with Gasteiger partial charge in [-0.2, -0.15) is 0 Å². The number of fused-ring (bicyclic) bond motifs is 1. The second-order valence-corrected chi connectivity index (χ2v) is 9.99.